The highest BCUT2D eigenvalue weighted by Gasteiger charge is 2.27. The Morgan fingerprint density at radius 1 is 1.20 bits per heavy atom. The lowest BCUT2D eigenvalue weighted by molar-refractivity contribution is 0.0699. The number of amides is 1. The van der Waals surface area contributed by atoms with Gasteiger partial charge in [-0.15, -0.1) is 0 Å². The van der Waals surface area contributed by atoms with E-state index in [0.717, 1.165) is 53.7 Å². The number of nitrogens with one attached hydrogen (secondary N) is 1. The summed E-state index contributed by atoms with van der Waals surface area (Å²) in [5.74, 6) is -0.650. The molecule has 35 heavy (non-hydrogen) atoms. The molecule has 2 aromatic carbocycles. The first kappa shape index (κ1) is 22.8. The zero-order chi connectivity index (χ0) is 24.7. The fourth-order valence-electron chi connectivity index (χ4n) is 4.95. The van der Waals surface area contributed by atoms with Crippen molar-refractivity contribution < 1.29 is 9.18 Å². The second-order valence-corrected chi connectivity index (χ2v) is 9.12. The minimum absolute atomic E-state index is 0.0242. The lowest BCUT2D eigenvalue weighted by atomic mass is 10.00. The van der Waals surface area contributed by atoms with Crippen LogP contribution in [-0.2, 0) is 14.1 Å². The molecule has 0 bridgehead atoms. The molecule has 1 saturated heterocycles. The van der Waals surface area contributed by atoms with Crippen LogP contribution in [-0.4, -0.2) is 51.3 Å². The highest BCUT2D eigenvalue weighted by molar-refractivity contribution is 5.98. The molecule has 0 spiro atoms. The summed E-state index contributed by atoms with van der Waals surface area (Å²) in [6, 6.07) is 12.5. The Labute approximate surface area is 203 Å². The second-order valence-electron chi connectivity index (χ2n) is 9.12. The van der Waals surface area contributed by atoms with Gasteiger partial charge < -0.3 is 14.8 Å². The van der Waals surface area contributed by atoms with Crippen LogP contribution in [0.25, 0.3) is 38.1 Å². The van der Waals surface area contributed by atoms with Gasteiger partial charge in [-0.05, 0) is 54.8 Å². The lowest BCUT2D eigenvalue weighted by Crippen LogP contribution is -2.47. The molecule has 178 valence electrons. The van der Waals surface area contributed by atoms with Gasteiger partial charge in [-0.3, -0.25) is 9.48 Å². The first-order valence-electron chi connectivity index (χ1n) is 11.7. The molecule has 1 fully saturated rings. The van der Waals surface area contributed by atoms with Crippen LogP contribution in [0, 0.1) is 12.4 Å². The topological polar surface area (TPSA) is 59.5 Å². The fourth-order valence-corrected chi connectivity index (χ4v) is 4.95. The van der Waals surface area contributed by atoms with Gasteiger partial charge in [-0.1, -0.05) is 18.2 Å². The highest BCUT2D eigenvalue weighted by Crippen LogP contribution is 2.38. The zero-order valence-electron chi connectivity index (χ0n) is 20.0. The third-order valence-electron chi connectivity index (χ3n) is 6.86. The van der Waals surface area contributed by atoms with E-state index in [2.05, 4.69) is 15.3 Å². The van der Waals surface area contributed by atoms with E-state index in [9.17, 15) is 9.18 Å². The van der Waals surface area contributed by atoms with Crippen LogP contribution < -0.4 is 5.32 Å². The number of carbonyl (C=O) groups is 1. The van der Waals surface area contributed by atoms with Crippen LogP contribution >= 0.6 is 0 Å². The molecule has 1 unspecified atom stereocenters. The number of fused-ring (bicyclic) bond motifs is 1. The maximum absolute atomic E-state index is 14.6. The maximum Gasteiger partial charge on any atom is 0.270 e. The molecule has 2 aromatic heterocycles. The first-order valence-corrected chi connectivity index (χ1v) is 11.7. The van der Waals surface area contributed by atoms with Crippen molar-refractivity contribution in [1.82, 2.24) is 24.6 Å². The van der Waals surface area contributed by atoms with Gasteiger partial charge in [0.2, 0.25) is 5.69 Å². The smallest absolute Gasteiger partial charge is 0.270 e. The third-order valence-corrected chi connectivity index (χ3v) is 6.86. The number of hydrogen-bond acceptors (Lipinski definition) is 3. The predicted octanol–water partition coefficient (Wildman–Crippen LogP) is 4.76. The lowest BCUT2D eigenvalue weighted by Gasteiger charge is -2.31. The molecule has 1 N–H and O–H groups in total. The average molecular weight is 471 g/mol. The Kier molecular flexibility index (Phi) is 5.87. The molecule has 1 aliphatic heterocycles. The first-order chi connectivity index (χ1) is 16.9. The molecule has 7 nitrogen and oxygen atoms in total. The number of carbonyl (C=O) groups excluding carboxylic acids is 1. The van der Waals surface area contributed by atoms with Crippen molar-refractivity contribution in [2.45, 2.75) is 18.9 Å². The molecule has 0 aliphatic carbocycles. The molecule has 1 amide bonds. The summed E-state index contributed by atoms with van der Waals surface area (Å²) in [5.41, 5.74) is 4.45. The second kappa shape index (κ2) is 9.01. The molecule has 0 radical (unpaired) electrons. The van der Waals surface area contributed by atoms with Crippen molar-refractivity contribution in [2.24, 2.45) is 14.1 Å². The number of benzene rings is 2. The average Bonchev–Trinajstić information content (AvgIpc) is 3.41. The van der Waals surface area contributed by atoms with Gasteiger partial charge in [0.15, 0.2) is 0 Å². The van der Waals surface area contributed by atoms with Crippen molar-refractivity contribution >= 4 is 22.5 Å². The van der Waals surface area contributed by atoms with Crippen LogP contribution in [0.1, 0.15) is 23.3 Å². The summed E-state index contributed by atoms with van der Waals surface area (Å²) < 4.78 is 18.3. The standard InChI is InChI=1S/C27H27FN6O/c1-29-24-10-7-17(13-22(24)28)21-14-25(27(35)33(3)20-6-5-11-30-15-20)34(4)26(21)18-8-9-23-19(12-18)16-32(2)31-23/h7-10,12-14,16,20,30H,5-6,11,15H2,2-4H3. The number of halogens is 1. The van der Waals surface area contributed by atoms with E-state index in [0.29, 0.717) is 11.3 Å². The van der Waals surface area contributed by atoms with Gasteiger partial charge in [-0.2, -0.15) is 5.10 Å². The van der Waals surface area contributed by atoms with Gasteiger partial charge in [-0.25, -0.2) is 9.24 Å². The Morgan fingerprint density at radius 3 is 2.71 bits per heavy atom. The van der Waals surface area contributed by atoms with E-state index in [4.69, 9.17) is 6.57 Å². The fraction of sp³-hybridized carbons (Fsp3) is 0.296. The Balaban J connectivity index is 1.66. The van der Waals surface area contributed by atoms with Gasteiger partial charge in [0.1, 0.15) is 11.5 Å². The Morgan fingerprint density at radius 2 is 2.00 bits per heavy atom. The molecule has 4 aromatic rings. The summed E-state index contributed by atoms with van der Waals surface area (Å²) in [6.07, 6.45) is 3.94. The van der Waals surface area contributed by atoms with E-state index in [1.54, 1.807) is 10.7 Å². The van der Waals surface area contributed by atoms with Crippen molar-refractivity contribution in [3.63, 3.8) is 0 Å². The molecule has 5 rings (SSSR count). The number of rotatable bonds is 4. The van der Waals surface area contributed by atoms with Crippen molar-refractivity contribution in [3.05, 3.63) is 71.6 Å². The summed E-state index contributed by atoms with van der Waals surface area (Å²) in [4.78, 5) is 18.7. The third kappa shape index (κ3) is 4.08. The summed E-state index contributed by atoms with van der Waals surface area (Å²) >= 11 is 0. The monoisotopic (exact) mass is 470 g/mol. The van der Waals surface area contributed by atoms with Crippen molar-refractivity contribution in [1.29, 1.82) is 0 Å². The Bertz CT molecular complexity index is 1470. The van der Waals surface area contributed by atoms with E-state index < -0.39 is 5.82 Å². The van der Waals surface area contributed by atoms with Crippen LogP contribution in [0.4, 0.5) is 10.1 Å². The van der Waals surface area contributed by atoms with Crippen LogP contribution in [0.3, 0.4) is 0 Å². The van der Waals surface area contributed by atoms with E-state index in [1.807, 2.05) is 61.1 Å². The van der Waals surface area contributed by atoms with Crippen LogP contribution in [0.5, 0.6) is 0 Å². The molecule has 8 heteroatoms. The van der Waals surface area contributed by atoms with Gasteiger partial charge in [0.25, 0.3) is 5.91 Å². The van der Waals surface area contributed by atoms with Gasteiger partial charge in [0.05, 0.1) is 17.8 Å². The SMILES string of the molecule is [C-]#[N+]c1ccc(-c2cc(C(=O)N(C)C3CCCNC3)n(C)c2-c2ccc3nn(C)cc3c2)cc1F. The quantitative estimate of drug-likeness (QED) is 0.438. The van der Waals surface area contributed by atoms with Gasteiger partial charge >= 0.3 is 0 Å². The number of aromatic nitrogens is 3. The number of likely N-dealkylation sites (N-methyl/N-ethyl adjacent to an activating group) is 1. The normalized spacial score (nSPS) is 15.8. The largest absolute Gasteiger partial charge is 0.339 e. The molecule has 3 heterocycles. The summed E-state index contributed by atoms with van der Waals surface area (Å²) in [5, 5.41) is 8.80. The summed E-state index contributed by atoms with van der Waals surface area (Å²) in [6.45, 7) is 8.92. The van der Waals surface area contributed by atoms with Crippen LogP contribution in [0.2, 0.25) is 0 Å². The van der Waals surface area contributed by atoms with E-state index in [1.165, 1.54) is 12.1 Å². The predicted molar refractivity (Wildman–Crippen MR) is 135 cm³/mol. The van der Waals surface area contributed by atoms with E-state index >= 15 is 0 Å². The molecule has 0 saturated carbocycles. The molecule has 1 atom stereocenters. The minimum Gasteiger partial charge on any atom is -0.339 e. The minimum atomic E-state index is -0.576. The van der Waals surface area contributed by atoms with Gasteiger partial charge in [0, 0.05) is 50.9 Å². The molecular weight excluding hydrogens is 443 g/mol. The maximum atomic E-state index is 14.6. The number of piperidine rings is 1. The zero-order valence-corrected chi connectivity index (χ0v) is 20.0. The van der Waals surface area contributed by atoms with Crippen molar-refractivity contribution in [2.75, 3.05) is 20.1 Å². The summed E-state index contributed by atoms with van der Waals surface area (Å²) in [7, 11) is 5.59. The van der Waals surface area contributed by atoms with Crippen LogP contribution in [0.15, 0.2) is 48.7 Å². The van der Waals surface area contributed by atoms with Crippen molar-refractivity contribution in [3.8, 4) is 22.4 Å². The molecular formula is C27H27FN6O. The number of nitrogens with zero attached hydrogens (tertiary/aromatic N) is 5. The number of aryl methyl sites for hydroxylation is 1. The molecule has 1 aliphatic rings. The highest BCUT2D eigenvalue weighted by atomic mass is 19.1. The number of hydrogen-bond donors (Lipinski definition) is 1. The Hall–Kier alpha value is -3.96. The van der Waals surface area contributed by atoms with E-state index in [-0.39, 0.29) is 17.6 Å².